The van der Waals surface area contributed by atoms with E-state index < -0.39 is 0 Å². The third-order valence-corrected chi connectivity index (χ3v) is 8.77. The molecule has 0 unspecified atom stereocenters. The van der Waals surface area contributed by atoms with Crippen LogP contribution in [-0.2, 0) is 0 Å². The Hall–Kier alpha value is -4.87. The summed E-state index contributed by atoms with van der Waals surface area (Å²) in [5, 5.41) is 4.93. The summed E-state index contributed by atoms with van der Waals surface area (Å²) < 4.78 is 4.57. The van der Waals surface area contributed by atoms with Crippen LogP contribution >= 0.6 is 11.8 Å². The van der Waals surface area contributed by atoms with Crippen molar-refractivity contribution in [3.05, 3.63) is 133 Å². The van der Waals surface area contributed by atoms with Gasteiger partial charge in [-0.25, -0.2) is 9.97 Å². The number of para-hydroxylation sites is 2. The van der Waals surface area contributed by atoms with Crippen LogP contribution < -0.4 is 0 Å². The van der Waals surface area contributed by atoms with E-state index in [-0.39, 0.29) is 0 Å². The van der Waals surface area contributed by atoms with Crippen molar-refractivity contribution in [3.63, 3.8) is 0 Å². The maximum atomic E-state index is 4.74. The fourth-order valence-corrected chi connectivity index (χ4v) is 6.83. The summed E-state index contributed by atoms with van der Waals surface area (Å²) >= 11 is 1.78. The summed E-state index contributed by atoms with van der Waals surface area (Å²) in [5.74, 6) is 1.88. The van der Waals surface area contributed by atoms with Crippen LogP contribution in [0, 0.1) is 13.8 Å². The van der Waals surface area contributed by atoms with Gasteiger partial charge in [0.25, 0.3) is 0 Å². The van der Waals surface area contributed by atoms with Gasteiger partial charge in [-0.3, -0.25) is 9.13 Å². The minimum absolute atomic E-state index is 0.940. The van der Waals surface area contributed by atoms with E-state index in [1.807, 2.05) is 24.5 Å². The average Bonchev–Trinajstić information content (AvgIpc) is 3.49. The zero-order chi connectivity index (χ0) is 27.5. The first-order valence-electron chi connectivity index (χ1n) is 13.7. The maximum absolute atomic E-state index is 4.74. The number of aromatic nitrogens is 4. The molecule has 0 N–H and O–H groups in total. The molecular weight excluding hydrogens is 520 g/mol. The normalized spacial score (nSPS) is 11.8. The summed E-state index contributed by atoms with van der Waals surface area (Å²) in [4.78, 5) is 11.9. The molecule has 4 heterocycles. The van der Waals surface area contributed by atoms with Crippen LogP contribution in [0.15, 0.2) is 131 Å². The van der Waals surface area contributed by atoms with E-state index in [2.05, 4.69) is 120 Å². The molecular formula is C36H26N4S. The van der Waals surface area contributed by atoms with Crippen molar-refractivity contribution in [2.75, 3.05) is 0 Å². The van der Waals surface area contributed by atoms with Gasteiger partial charge in [-0.05, 0) is 85.6 Å². The second-order valence-corrected chi connectivity index (χ2v) is 11.7. The van der Waals surface area contributed by atoms with Gasteiger partial charge >= 0.3 is 0 Å². The standard InChI is InChI=1S/C36H26N4S/c1-23-15-17-37-35(19-23)39-31-9-5-3-7-27(31)29-13-11-25(21-33(29)39)41-26-12-14-30-28-8-4-6-10-32(28)40(34(30)22-26)36-20-24(2)16-18-38-36/h3-22H,1-2H3. The molecule has 0 saturated carbocycles. The molecule has 0 atom stereocenters. The van der Waals surface area contributed by atoms with Gasteiger partial charge in [-0.2, -0.15) is 0 Å². The summed E-state index contributed by atoms with van der Waals surface area (Å²) in [6.07, 6.45) is 3.78. The Bertz CT molecular complexity index is 2110. The van der Waals surface area contributed by atoms with Crippen molar-refractivity contribution in [2.45, 2.75) is 23.6 Å². The van der Waals surface area contributed by atoms with Crippen LogP contribution in [0.2, 0.25) is 0 Å². The van der Waals surface area contributed by atoms with Crippen LogP contribution in [-0.4, -0.2) is 19.1 Å². The number of aryl methyl sites for hydroxylation is 2. The molecule has 0 bridgehead atoms. The largest absolute Gasteiger partial charge is 0.294 e. The molecule has 4 nitrogen and oxygen atoms in total. The number of fused-ring (bicyclic) bond motifs is 6. The Morgan fingerprint density at radius 3 is 1.37 bits per heavy atom. The van der Waals surface area contributed by atoms with E-state index in [4.69, 9.17) is 9.97 Å². The first-order chi connectivity index (χ1) is 20.1. The van der Waals surface area contributed by atoms with Crippen molar-refractivity contribution in [1.29, 1.82) is 0 Å². The lowest BCUT2D eigenvalue weighted by Crippen LogP contribution is -1.97. The number of benzene rings is 4. The van der Waals surface area contributed by atoms with Gasteiger partial charge in [0, 0.05) is 43.7 Å². The van der Waals surface area contributed by atoms with E-state index in [1.165, 1.54) is 53.5 Å². The molecule has 0 amide bonds. The van der Waals surface area contributed by atoms with E-state index >= 15 is 0 Å². The van der Waals surface area contributed by atoms with Crippen LogP contribution in [0.1, 0.15) is 11.1 Å². The fourth-order valence-electron chi connectivity index (χ4n) is 5.94. The van der Waals surface area contributed by atoms with Gasteiger partial charge in [-0.1, -0.05) is 60.3 Å². The predicted octanol–water partition coefficient (Wildman–Crippen LogP) is 9.44. The second kappa shape index (κ2) is 9.36. The van der Waals surface area contributed by atoms with Crippen LogP contribution in [0.4, 0.5) is 0 Å². The highest BCUT2D eigenvalue weighted by Crippen LogP contribution is 2.39. The number of hydrogen-bond acceptors (Lipinski definition) is 3. The molecule has 0 spiro atoms. The molecule has 196 valence electrons. The highest BCUT2D eigenvalue weighted by Gasteiger charge is 2.16. The Labute approximate surface area is 241 Å². The molecule has 4 aromatic carbocycles. The first kappa shape index (κ1) is 24.0. The van der Waals surface area contributed by atoms with Crippen molar-refractivity contribution >= 4 is 55.4 Å². The summed E-state index contributed by atoms with van der Waals surface area (Å²) in [5.41, 5.74) is 7.04. The predicted molar refractivity (Wildman–Crippen MR) is 171 cm³/mol. The molecule has 0 aliphatic heterocycles. The number of nitrogens with zero attached hydrogens (tertiary/aromatic N) is 4. The maximum Gasteiger partial charge on any atom is 0.137 e. The summed E-state index contributed by atoms with van der Waals surface area (Å²) in [6, 6.07) is 39.1. The van der Waals surface area contributed by atoms with Crippen LogP contribution in [0.25, 0.3) is 55.2 Å². The van der Waals surface area contributed by atoms with Crippen molar-refractivity contribution in [3.8, 4) is 11.6 Å². The van der Waals surface area contributed by atoms with Gasteiger partial charge in [0.1, 0.15) is 11.6 Å². The quantitative estimate of drug-likeness (QED) is 0.221. The van der Waals surface area contributed by atoms with Crippen molar-refractivity contribution < 1.29 is 0 Å². The number of hydrogen-bond donors (Lipinski definition) is 0. The molecule has 5 heteroatoms. The number of pyridine rings is 2. The van der Waals surface area contributed by atoms with Gasteiger partial charge < -0.3 is 0 Å². The number of rotatable bonds is 4. The highest BCUT2D eigenvalue weighted by atomic mass is 32.2. The molecule has 0 aliphatic carbocycles. The Balaban J connectivity index is 1.29. The molecule has 0 radical (unpaired) electrons. The van der Waals surface area contributed by atoms with E-state index in [0.29, 0.717) is 0 Å². The van der Waals surface area contributed by atoms with E-state index in [9.17, 15) is 0 Å². The third-order valence-electron chi connectivity index (χ3n) is 7.79. The zero-order valence-electron chi connectivity index (χ0n) is 22.7. The minimum atomic E-state index is 0.940. The Kier molecular flexibility index (Phi) is 5.47. The van der Waals surface area contributed by atoms with Gasteiger partial charge in [0.05, 0.1) is 22.1 Å². The lowest BCUT2D eigenvalue weighted by molar-refractivity contribution is 1.07. The minimum Gasteiger partial charge on any atom is -0.294 e. The lowest BCUT2D eigenvalue weighted by Gasteiger charge is -2.10. The van der Waals surface area contributed by atoms with Crippen molar-refractivity contribution in [2.24, 2.45) is 0 Å². The first-order valence-corrected chi connectivity index (χ1v) is 14.6. The van der Waals surface area contributed by atoms with Crippen LogP contribution in [0.5, 0.6) is 0 Å². The molecule has 41 heavy (non-hydrogen) atoms. The average molecular weight is 547 g/mol. The molecule has 0 saturated heterocycles. The summed E-state index contributed by atoms with van der Waals surface area (Å²) in [7, 11) is 0. The Morgan fingerprint density at radius 2 is 0.902 bits per heavy atom. The molecule has 0 fully saturated rings. The molecule has 8 aromatic rings. The second-order valence-electron chi connectivity index (χ2n) is 10.5. The van der Waals surface area contributed by atoms with Gasteiger partial charge in [0.2, 0.25) is 0 Å². The van der Waals surface area contributed by atoms with E-state index in [1.54, 1.807) is 11.8 Å². The van der Waals surface area contributed by atoms with Gasteiger partial charge in [0.15, 0.2) is 0 Å². The topological polar surface area (TPSA) is 35.6 Å². The lowest BCUT2D eigenvalue weighted by atomic mass is 10.1. The van der Waals surface area contributed by atoms with E-state index in [0.717, 1.165) is 22.7 Å². The van der Waals surface area contributed by atoms with Gasteiger partial charge in [-0.15, -0.1) is 0 Å². The Morgan fingerprint density at radius 1 is 0.463 bits per heavy atom. The SMILES string of the molecule is Cc1ccnc(-n2c3ccccc3c3ccc(Sc4ccc5c6ccccc6n(-c6cc(C)ccn6)c5c4)cc32)c1. The summed E-state index contributed by atoms with van der Waals surface area (Å²) in [6.45, 7) is 4.23. The molecule has 0 aliphatic rings. The highest BCUT2D eigenvalue weighted by molar-refractivity contribution is 7.99. The molecule has 8 rings (SSSR count). The third kappa shape index (κ3) is 3.92. The smallest absolute Gasteiger partial charge is 0.137 e. The van der Waals surface area contributed by atoms with Crippen LogP contribution in [0.3, 0.4) is 0 Å². The zero-order valence-corrected chi connectivity index (χ0v) is 23.6. The molecule has 4 aromatic heterocycles. The fraction of sp³-hybridized carbons (Fsp3) is 0.0556. The monoisotopic (exact) mass is 546 g/mol. The van der Waals surface area contributed by atoms with Crippen molar-refractivity contribution in [1.82, 2.24) is 19.1 Å².